The molecule has 0 fully saturated rings. The van der Waals surface area contributed by atoms with Crippen LogP contribution in [0, 0.1) is 5.92 Å². The molecule has 0 saturated heterocycles. The second-order valence-electron chi connectivity index (χ2n) is 8.26. The van der Waals surface area contributed by atoms with Crippen molar-refractivity contribution in [3.63, 3.8) is 0 Å². The van der Waals surface area contributed by atoms with Gasteiger partial charge >= 0.3 is 0 Å². The molecule has 1 atom stereocenters. The van der Waals surface area contributed by atoms with Gasteiger partial charge < -0.3 is 5.11 Å². The maximum Gasteiger partial charge on any atom is 0.0431 e. The lowest BCUT2D eigenvalue weighted by molar-refractivity contribution is 0.280. The van der Waals surface area contributed by atoms with Crippen molar-refractivity contribution < 1.29 is 5.11 Å². The lowest BCUT2D eigenvalue weighted by Crippen LogP contribution is -2.02. The summed E-state index contributed by atoms with van der Waals surface area (Å²) >= 11 is 0. The van der Waals surface area contributed by atoms with E-state index in [1.807, 2.05) is 0 Å². The van der Waals surface area contributed by atoms with E-state index in [4.69, 9.17) is 5.11 Å². The van der Waals surface area contributed by atoms with Gasteiger partial charge in [-0.05, 0) is 12.3 Å². The molecular formula is C24H50O. The summed E-state index contributed by atoms with van der Waals surface area (Å²) in [7, 11) is 0. The molecular weight excluding hydrogens is 304 g/mol. The maximum absolute atomic E-state index is 8.90. The Balaban J connectivity index is 3.71. The summed E-state index contributed by atoms with van der Waals surface area (Å²) in [4.78, 5) is 0. The predicted octanol–water partition coefficient (Wildman–Crippen LogP) is 8.44. The summed E-state index contributed by atoms with van der Waals surface area (Å²) in [5.41, 5.74) is 0. The summed E-state index contributed by atoms with van der Waals surface area (Å²) in [6.07, 6.45) is 28.0. The average Bonchev–Trinajstić information content (AvgIpc) is 2.62. The predicted molar refractivity (Wildman–Crippen MR) is 114 cm³/mol. The number of aliphatic hydroxyl groups is 1. The Labute approximate surface area is 160 Å². The van der Waals surface area contributed by atoms with E-state index in [1.54, 1.807) is 0 Å². The molecule has 0 saturated carbocycles. The first-order chi connectivity index (χ1) is 12.3. The summed E-state index contributed by atoms with van der Waals surface area (Å²) in [5, 5.41) is 8.90. The van der Waals surface area contributed by atoms with Gasteiger partial charge in [0.1, 0.15) is 0 Å². The fourth-order valence-electron chi connectivity index (χ4n) is 3.93. The molecule has 0 aliphatic heterocycles. The summed E-state index contributed by atoms with van der Waals surface area (Å²) in [5.74, 6) is 0.982. The SMILES string of the molecule is CCCCCCCCCCC(CCCCCCC)CCCCCCO. The van der Waals surface area contributed by atoms with E-state index < -0.39 is 0 Å². The van der Waals surface area contributed by atoms with Crippen molar-refractivity contribution in [3.05, 3.63) is 0 Å². The van der Waals surface area contributed by atoms with Gasteiger partial charge in [-0.3, -0.25) is 0 Å². The topological polar surface area (TPSA) is 20.2 Å². The van der Waals surface area contributed by atoms with Crippen LogP contribution in [0.1, 0.15) is 142 Å². The molecule has 1 heteroatoms. The molecule has 1 nitrogen and oxygen atoms in total. The van der Waals surface area contributed by atoms with E-state index in [-0.39, 0.29) is 0 Å². The normalized spacial score (nSPS) is 12.6. The lowest BCUT2D eigenvalue weighted by Gasteiger charge is -2.17. The van der Waals surface area contributed by atoms with E-state index >= 15 is 0 Å². The van der Waals surface area contributed by atoms with Crippen LogP contribution in [0.4, 0.5) is 0 Å². The monoisotopic (exact) mass is 354 g/mol. The first-order valence-corrected chi connectivity index (χ1v) is 12.0. The van der Waals surface area contributed by atoms with Crippen LogP contribution in [0.3, 0.4) is 0 Å². The maximum atomic E-state index is 8.90. The standard InChI is InChI=1S/C24H50O/c1-3-5-7-9-10-11-13-17-21-24(20-16-12-8-6-4-2)22-18-14-15-19-23-25/h24-25H,3-23H2,1-2H3. The molecule has 1 N–H and O–H groups in total. The van der Waals surface area contributed by atoms with E-state index in [0.717, 1.165) is 12.3 Å². The number of aliphatic hydroxyl groups excluding tert-OH is 1. The number of hydrogen-bond acceptors (Lipinski definition) is 1. The molecule has 1 unspecified atom stereocenters. The Hall–Kier alpha value is -0.0400. The largest absolute Gasteiger partial charge is 0.396 e. The van der Waals surface area contributed by atoms with Gasteiger partial charge in [0.05, 0.1) is 0 Å². The minimum Gasteiger partial charge on any atom is -0.396 e. The van der Waals surface area contributed by atoms with E-state index in [0.29, 0.717) is 6.61 Å². The molecule has 25 heavy (non-hydrogen) atoms. The van der Waals surface area contributed by atoms with Crippen LogP contribution in [0.25, 0.3) is 0 Å². The highest BCUT2D eigenvalue weighted by atomic mass is 16.2. The Bertz CT molecular complexity index is 212. The molecule has 0 heterocycles. The Kier molecular flexibility index (Phi) is 22.0. The number of hydrogen-bond donors (Lipinski definition) is 1. The van der Waals surface area contributed by atoms with Crippen molar-refractivity contribution in [2.24, 2.45) is 5.92 Å². The van der Waals surface area contributed by atoms with E-state index in [2.05, 4.69) is 13.8 Å². The third kappa shape index (κ3) is 20.1. The minimum absolute atomic E-state index is 0.374. The number of rotatable bonds is 21. The fourth-order valence-corrected chi connectivity index (χ4v) is 3.93. The van der Waals surface area contributed by atoms with Gasteiger partial charge in [-0.2, -0.15) is 0 Å². The molecule has 0 aromatic heterocycles. The van der Waals surface area contributed by atoms with Gasteiger partial charge in [0.25, 0.3) is 0 Å². The Morgan fingerprint density at radius 1 is 0.440 bits per heavy atom. The highest BCUT2D eigenvalue weighted by Gasteiger charge is 2.08. The summed E-state index contributed by atoms with van der Waals surface area (Å²) < 4.78 is 0. The van der Waals surface area contributed by atoms with Crippen molar-refractivity contribution in [3.8, 4) is 0 Å². The molecule has 0 aromatic carbocycles. The van der Waals surface area contributed by atoms with Gasteiger partial charge in [-0.1, -0.05) is 136 Å². The van der Waals surface area contributed by atoms with Crippen LogP contribution in [0.5, 0.6) is 0 Å². The van der Waals surface area contributed by atoms with Gasteiger partial charge in [-0.15, -0.1) is 0 Å². The van der Waals surface area contributed by atoms with Crippen molar-refractivity contribution >= 4 is 0 Å². The second kappa shape index (κ2) is 22.0. The third-order valence-corrected chi connectivity index (χ3v) is 5.70. The fraction of sp³-hybridized carbons (Fsp3) is 1.00. The highest BCUT2D eigenvalue weighted by molar-refractivity contribution is 4.62. The van der Waals surface area contributed by atoms with Gasteiger partial charge in [0, 0.05) is 6.61 Å². The molecule has 0 bridgehead atoms. The zero-order valence-corrected chi connectivity index (χ0v) is 17.9. The van der Waals surface area contributed by atoms with Gasteiger partial charge in [-0.25, -0.2) is 0 Å². The second-order valence-corrected chi connectivity index (χ2v) is 8.26. The van der Waals surface area contributed by atoms with Crippen LogP contribution in [-0.2, 0) is 0 Å². The molecule has 152 valence electrons. The van der Waals surface area contributed by atoms with Gasteiger partial charge in [0.15, 0.2) is 0 Å². The first kappa shape index (κ1) is 25.0. The van der Waals surface area contributed by atoms with Crippen LogP contribution < -0.4 is 0 Å². The summed E-state index contributed by atoms with van der Waals surface area (Å²) in [6.45, 7) is 4.97. The van der Waals surface area contributed by atoms with Crippen molar-refractivity contribution in [2.45, 2.75) is 142 Å². The average molecular weight is 355 g/mol. The van der Waals surface area contributed by atoms with Crippen LogP contribution >= 0.6 is 0 Å². The highest BCUT2D eigenvalue weighted by Crippen LogP contribution is 2.24. The Morgan fingerprint density at radius 3 is 1.12 bits per heavy atom. The molecule has 0 rings (SSSR count). The lowest BCUT2D eigenvalue weighted by atomic mass is 9.89. The zero-order valence-electron chi connectivity index (χ0n) is 17.9. The van der Waals surface area contributed by atoms with Crippen LogP contribution in [0.15, 0.2) is 0 Å². The van der Waals surface area contributed by atoms with E-state index in [1.165, 1.54) is 122 Å². The molecule has 0 spiro atoms. The van der Waals surface area contributed by atoms with Crippen LogP contribution in [0.2, 0.25) is 0 Å². The van der Waals surface area contributed by atoms with Crippen molar-refractivity contribution in [2.75, 3.05) is 6.61 Å². The Morgan fingerprint density at radius 2 is 0.760 bits per heavy atom. The van der Waals surface area contributed by atoms with Crippen molar-refractivity contribution in [1.29, 1.82) is 0 Å². The number of unbranched alkanes of at least 4 members (excludes halogenated alkanes) is 14. The van der Waals surface area contributed by atoms with Crippen LogP contribution in [-0.4, -0.2) is 11.7 Å². The third-order valence-electron chi connectivity index (χ3n) is 5.70. The smallest absolute Gasteiger partial charge is 0.0431 e. The quantitative estimate of drug-likeness (QED) is 0.205. The summed E-state index contributed by atoms with van der Waals surface area (Å²) in [6, 6.07) is 0. The molecule has 0 radical (unpaired) electrons. The molecule has 0 aromatic rings. The first-order valence-electron chi connectivity index (χ1n) is 12.0. The molecule has 0 aliphatic rings. The van der Waals surface area contributed by atoms with Gasteiger partial charge in [0.2, 0.25) is 0 Å². The molecule has 0 amide bonds. The van der Waals surface area contributed by atoms with E-state index in [9.17, 15) is 0 Å². The zero-order chi connectivity index (χ0) is 18.4. The molecule has 0 aliphatic carbocycles. The minimum atomic E-state index is 0.374. The van der Waals surface area contributed by atoms with Crippen molar-refractivity contribution in [1.82, 2.24) is 0 Å².